The third-order valence-electron chi connectivity index (χ3n) is 3.84. The number of nitrogens with one attached hydrogen (secondary N) is 1. The molecule has 0 spiro atoms. The lowest BCUT2D eigenvalue weighted by atomic mass is 9.96. The minimum atomic E-state index is -4.33. The number of piperazine rings is 1. The van der Waals surface area contributed by atoms with Gasteiger partial charge >= 0.3 is 6.18 Å². The maximum atomic E-state index is 13.0. The summed E-state index contributed by atoms with van der Waals surface area (Å²) in [6.45, 7) is 7.64. The Morgan fingerprint density at radius 2 is 2.00 bits per heavy atom. The zero-order valence-corrected chi connectivity index (χ0v) is 14.0. The van der Waals surface area contributed by atoms with Crippen molar-refractivity contribution in [2.45, 2.75) is 44.9 Å². The lowest BCUT2D eigenvalue weighted by Gasteiger charge is -2.46. The van der Waals surface area contributed by atoms with Crippen LogP contribution in [0.25, 0.3) is 0 Å². The lowest BCUT2D eigenvalue weighted by Crippen LogP contribution is -2.61. The van der Waals surface area contributed by atoms with Gasteiger partial charge in [-0.05, 0) is 38.5 Å². The standard InChI is InChI=1S/C15H20BrF3N2/c1-4-12-8-20-14(2,3)9-21(12)13-6-10(15(17,18)19)5-11(16)7-13/h5-7,12,20H,4,8-9H2,1-3H3. The molecule has 1 aromatic rings. The van der Waals surface area contributed by atoms with Crippen LogP contribution >= 0.6 is 15.9 Å². The van der Waals surface area contributed by atoms with Crippen LogP contribution in [-0.4, -0.2) is 24.7 Å². The van der Waals surface area contributed by atoms with Crippen molar-refractivity contribution in [2.24, 2.45) is 0 Å². The Morgan fingerprint density at radius 1 is 1.33 bits per heavy atom. The van der Waals surface area contributed by atoms with E-state index in [1.165, 1.54) is 6.07 Å². The van der Waals surface area contributed by atoms with Gasteiger partial charge < -0.3 is 10.2 Å². The lowest BCUT2D eigenvalue weighted by molar-refractivity contribution is -0.137. The Labute approximate surface area is 131 Å². The molecule has 0 saturated carbocycles. The molecular formula is C15H20BrF3N2. The van der Waals surface area contributed by atoms with Crippen molar-refractivity contribution < 1.29 is 13.2 Å². The number of anilines is 1. The topological polar surface area (TPSA) is 15.3 Å². The van der Waals surface area contributed by atoms with E-state index < -0.39 is 11.7 Å². The molecule has 0 aliphatic carbocycles. The minimum absolute atomic E-state index is 0.119. The Kier molecular flexibility index (Phi) is 4.59. The molecule has 1 N–H and O–H groups in total. The van der Waals surface area contributed by atoms with Gasteiger partial charge in [-0.3, -0.25) is 0 Å². The number of hydrogen-bond acceptors (Lipinski definition) is 2. The van der Waals surface area contributed by atoms with E-state index in [2.05, 4.69) is 46.9 Å². The molecule has 1 aliphatic heterocycles. The van der Waals surface area contributed by atoms with Gasteiger partial charge in [-0.2, -0.15) is 13.2 Å². The predicted octanol–water partition coefficient (Wildman–Crippen LogP) is 4.43. The summed E-state index contributed by atoms with van der Waals surface area (Å²) in [5.74, 6) is 0. The van der Waals surface area contributed by atoms with Crippen LogP contribution in [-0.2, 0) is 6.18 Å². The highest BCUT2D eigenvalue weighted by Gasteiger charge is 2.35. The Hall–Kier alpha value is -0.750. The fourth-order valence-corrected chi connectivity index (χ4v) is 3.17. The highest BCUT2D eigenvalue weighted by Crippen LogP contribution is 2.36. The van der Waals surface area contributed by atoms with E-state index >= 15 is 0 Å². The number of benzene rings is 1. The first-order valence-electron chi connectivity index (χ1n) is 7.02. The monoisotopic (exact) mass is 364 g/mol. The third kappa shape index (κ3) is 3.92. The summed E-state index contributed by atoms with van der Waals surface area (Å²) in [6.07, 6.45) is -3.44. The third-order valence-corrected chi connectivity index (χ3v) is 4.29. The number of hydrogen-bond donors (Lipinski definition) is 1. The molecule has 1 unspecified atom stereocenters. The number of alkyl halides is 3. The van der Waals surface area contributed by atoms with Crippen LogP contribution in [0.3, 0.4) is 0 Å². The maximum absolute atomic E-state index is 13.0. The molecule has 2 nitrogen and oxygen atoms in total. The maximum Gasteiger partial charge on any atom is 0.416 e. The number of rotatable bonds is 2. The van der Waals surface area contributed by atoms with Crippen LogP contribution in [0.1, 0.15) is 32.8 Å². The molecule has 2 rings (SSSR count). The van der Waals surface area contributed by atoms with Crippen molar-refractivity contribution in [3.63, 3.8) is 0 Å². The van der Waals surface area contributed by atoms with Crippen molar-refractivity contribution in [3.05, 3.63) is 28.2 Å². The Morgan fingerprint density at radius 3 is 2.57 bits per heavy atom. The summed E-state index contributed by atoms with van der Waals surface area (Å²) in [5, 5.41) is 3.44. The average Bonchev–Trinajstić information content (AvgIpc) is 2.36. The second kappa shape index (κ2) is 5.80. The molecule has 1 aromatic carbocycles. The molecular weight excluding hydrogens is 345 g/mol. The molecule has 0 radical (unpaired) electrons. The normalized spacial score (nSPS) is 22.4. The Balaban J connectivity index is 2.41. The van der Waals surface area contributed by atoms with E-state index in [1.54, 1.807) is 6.07 Å². The van der Waals surface area contributed by atoms with Crippen molar-refractivity contribution in [1.82, 2.24) is 5.32 Å². The molecule has 1 heterocycles. The van der Waals surface area contributed by atoms with E-state index in [-0.39, 0.29) is 11.6 Å². The van der Waals surface area contributed by atoms with Gasteiger partial charge in [0.15, 0.2) is 0 Å². The van der Waals surface area contributed by atoms with Crippen molar-refractivity contribution >= 4 is 21.6 Å². The number of halogens is 4. The first kappa shape index (κ1) is 16.6. The second-order valence-corrected chi connectivity index (χ2v) is 7.07. The van der Waals surface area contributed by atoms with Crippen LogP contribution in [0.15, 0.2) is 22.7 Å². The zero-order valence-electron chi connectivity index (χ0n) is 12.4. The van der Waals surface area contributed by atoms with Gasteiger partial charge in [0.1, 0.15) is 0 Å². The van der Waals surface area contributed by atoms with E-state index in [0.717, 1.165) is 19.0 Å². The zero-order chi connectivity index (χ0) is 15.8. The summed E-state index contributed by atoms with van der Waals surface area (Å²) in [7, 11) is 0. The van der Waals surface area contributed by atoms with Crippen molar-refractivity contribution in [2.75, 3.05) is 18.0 Å². The largest absolute Gasteiger partial charge is 0.416 e. The van der Waals surface area contributed by atoms with Crippen LogP contribution in [0, 0.1) is 0 Å². The summed E-state index contributed by atoms with van der Waals surface area (Å²) in [6, 6.07) is 4.33. The number of nitrogens with zero attached hydrogens (tertiary/aromatic N) is 1. The van der Waals surface area contributed by atoms with Crippen LogP contribution < -0.4 is 10.2 Å². The smallest absolute Gasteiger partial charge is 0.365 e. The van der Waals surface area contributed by atoms with E-state index in [9.17, 15) is 13.2 Å². The van der Waals surface area contributed by atoms with Gasteiger partial charge in [0.2, 0.25) is 0 Å². The quantitative estimate of drug-likeness (QED) is 0.834. The highest BCUT2D eigenvalue weighted by molar-refractivity contribution is 9.10. The van der Waals surface area contributed by atoms with Gasteiger partial charge in [0.25, 0.3) is 0 Å². The molecule has 1 aliphatic rings. The van der Waals surface area contributed by atoms with E-state index in [0.29, 0.717) is 16.7 Å². The Bertz CT molecular complexity index is 514. The summed E-state index contributed by atoms with van der Waals surface area (Å²) in [4.78, 5) is 2.08. The van der Waals surface area contributed by atoms with Gasteiger partial charge in [0.05, 0.1) is 5.56 Å². The van der Waals surface area contributed by atoms with Gasteiger partial charge in [-0.1, -0.05) is 22.9 Å². The second-order valence-electron chi connectivity index (χ2n) is 6.15. The molecule has 1 atom stereocenters. The molecule has 0 bridgehead atoms. The van der Waals surface area contributed by atoms with E-state index in [1.807, 2.05) is 0 Å². The van der Waals surface area contributed by atoms with Crippen LogP contribution in [0.2, 0.25) is 0 Å². The van der Waals surface area contributed by atoms with Crippen LogP contribution in [0.5, 0.6) is 0 Å². The predicted molar refractivity (Wildman–Crippen MR) is 82.7 cm³/mol. The van der Waals surface area contributed by atoms with Crippen molar-refractivity contribution in [1.29, 1.82) is 0 Å². The van der Waals surface area contributed by atoms with Gasteiger partial charge in [-0.15, -0.1) is 0 Å². The molecule has 6 heteroatoms. The minimum Gasteiger partial charge on any atom is -0.365 e. The SMILES string of the molecule is CCC1CNC(C)(C)CN1c1cc(Br)cc(C(F)(F)F)c1. The molecule has 0 aromatic heterocycles. The first-order chi connectivity index (χ1) is 9.62. The van der Waals surface area contributed by atoms with E-state index in [4.69, 9.17) is 0 Å². The molecule has 1 fully saturated rings. The fourth-order valence-electron chi connectivity index (χ4n) is 2.69. The van der Waals surface area contributed by atoms with Gasteiger partial charge in [0, 0.05) is 34.8 Å². The molecule has 1 saturated heterocycles. The molecule has 118 valence electrons. The summed E-state index contributed by atoms with van der Waals surface area (Å²) < 4.78 is 39.4. The average molecular weight is 365 g/mol. The molecule has 21 heavy (non-hydrogen) atoms. The van der Waals surface area contributed by atoms with Crippen LogP contribution in [0.4, 0.5) is 18.9 Å². The van der Waals surface area contributed by atoms with Gasteiger partial charge in [-0.25, -0.2) is 0 Å². The summed E-state index contributed by atoms with van der Waals surface area (Å²) in [5.41, 5.74) is -0.108. The first-order valence-corrected chi connectivity index (χ1v) is 7.81. The highest BCUT2D eigenvalue weighted by atomic mass is 79.9. The van der Waals surface area contributed by atoms with Crippen molar-refractivity contribution in [3.8, 4) is 0 Å². The summed E-state index contributed by atoms with van der Waals surface area (Å²) >= 11 is 3.20. The molecule has 0 amide bonds. The fraction of sp³-hybridized carbons (Fsp3) is 0.600.